The van der Waals surface area contributed by atoms with Crippen LogP contribution >= 0.6 is 0 Å². The van der Waals surface area contributed by atoms with Crippen LogP contribution in [-0.2, 0) is 38.2 Å². The third kappa shape index (κ3) is 13.6. The first-order chi connectivity index (χ1) is 34.4. The minimum absolute atomic E-state index is 0.00904. The third-order valence-electron chi connectivity index (χ3n) is 20.1. The highest BCUT2D eigenvalue weighted by Crippen LogP contribution is 2.68. The number of rotatable bonds is 25. The van der Waals surface area contributed by atoms with Crippen molar-refractivity contribution in [2.45, 2.75) is 204 Å². The molecule has 1 aliphatic heterocycles. The SMILES string of the molecule is CCOC(=O)C(C)(CC(C)(C)C(C)(C)C(C)(CC(C)(C)C)C(=O)O)C(C)(C)C(C)(C)CC(C)(C(=O)OCCN1C(=O)NC(C)(C)C1=O)C(C)(C)C(C)(C)CC(C)(C(=O)OCCNC(=O)Nc1ccc(C#N)cc1)C(C)(C)C. The molecule has 0 aliphatic carbocycles. The van der Waals surface area contributed by atoms with Crippen molar-refractivity contribution in [3.8, 4) is 6.07 Å². The summed E-state index contributed by atoms with van der Waals surface area (Å²) < 4.78 is 18.2. The van der Waals surface area contributed by atoms with Gasteiger partial charge in [0.05, 0.1) is 53.0 Å². The zero-order valence-electron chi connectivity index (χ0n) is 52.1. The van der Waals surface area contributed by atoms with Crippen molar-refractivity contribution in [2.75, 3.05) is 38.2 Å². The first kappa shape index (κ1) is 67.9. The molecule has 436 valence electrons. The van der Waals surface area contributed by atoms with Gasteiger partial charge in [-0.05, 0) is 142 Å². The van der Waals surface area contributed by atoms with E-state index in [-0.39, 0.29) is 57.6 Å². The van der Waals surface area contributed by atoms with Gasteiger partial charge in [-0.15, -0.1) is 0 Å². The number of carbonyl (C=O) groups excluding carboxylic acids is 6. The van der Waals surface area contributed by atoms with Crippen LogP contribution in [-0.4, -0.2) is 90.3 Å². The molecule has 1 saturated heterocycles. The summed E-state index contributed by atoms with van der Waals surface area (Å²) in [5.74, 6) is -2.92. The highest BCUT2D eigenvalue weighted by Gasteiger charge is 2.66. The van der Waals surface area contributed by atoms with Crippen molar-refractivity contribution in [2.24, 2.45) is 65.0 Å². The smallest absolute Gasteiger partial charge is 0.325 e. The summed E-state index contributed by atoms with van der Waals surface area (Å²) in [6, 6.07) is 7.32. The van der Waals surface area contributed by atoms with Gasteiger partial charge >= 0.3 is 35.9 Å². The number of esters is 3. The van der Waals surface area contributed by atoms with E-state index in [2.05, 4.69) is 16.0 Å². The molecular weight excluding hydrogens is 979 g/mol. The van der Waals surface area contributed by atoms with Crippen molar-refractivity contribution in [3.63, 3.8) is 0 Å². The lowest BCUT2D eigenvalue weighted by Crippen LogP contribution is -2.60. The molecule has 4 unspecified atom stereocenters. The molecule has 1 aromatic rings. The topological polar surface area (TPSA) is 231 Å². The quantitative estimate of drug-likeness (QED) is 0.0310. The lowest BCUT2D eigenvalue weighted by Gasteiger charge is -2.61. The summed E-state index contributed by atoms with van der Waals surface area (Å²) in [6.45, 7) is 47.9. The fourth-order valence-electron chi connectivity index (χ4n) is 11.9. The van der Waals surface area contributed by atoms with E-state index in [1.165, 1.54) is 0 Å². The molecule has 4 N–H and O–H groups in total. The van der Waals surface area contributed by atoms with E-state index in [9.17, 15) is 33.9 Å². The number of hydrogen-bond donors (Lipinski definition) is 4. The first-order valence-corrected chi connectivity index (χ1v) is 27.3. The number of carboxylic acid groups (broad SMARTS) is 1. The van der Waals surface area contributed by atoms with Gasteiger partial charge in [0.15, 0.2) is 0 Å². The van der Waals surface area contributed by atoms with E-state index >= 15 is 4.79 Å². The van der Waals surface area contributed by atoms with Crippen LogP contribution in [0.4, 0.5) is 15.3 Å². The van der Waals surface area contributed by atoms with Gasteiger partial charge in [0, 0.05) is 5.69 Å². The molecule has 77 heavy (non-hydrogen) atoms. The van der Waals surface area contributed by atoms with Crippen molar-refractivity contribution >= 4 is 47.5 Å². The van der Waals surface area contributed by atoms with E-state index in [0.717, 1.165) is 4.90 Å². The Balaban J connectivity index is 2.80. The maximum Gasteiger partial charge on any atom is 0.325 e. The number of nitrogens with one attached hydrogen (secondary N) is 3. The predicted molar refractivity (Wildman–Crippen MR) is 301 cm³/mol. The first-order valence-electron chi connectivity index (χ1n) is 27.3. The highest BCUT2D eigenvalue weighted by molar-refractivity contribution is 6.06. The zero-order chi connectivity index (χ0) is 60.4. The number of urea groups is 2. The van der Waals surface area contributed by atoms with Crippen LogP contribution in [0, 0.1) is 76.3 Å². The Morgan fingerprint density at radius 2 is 1.01 bits per heavy atom. The fourth-order valence-corrected chi connectivity index (χ4v) is 11.9. The number of ether oxygens (including phenoxy) is 3. The molecule has 0 saturated carbocycles. The maximum absolute atomic E-state index is 15.5. The number of imide groups is 1. The van der Waals surface area contributed by atoms with Crippen LogP contribution in [0.25, 0.3) is 0 Å². The van der Waals surface area contributed by atoms with Crippen molar-refractivity contribution in [3.05, 3.63) is 29.8 Å². The number of aliphatic carboxylic acids is 1. The molecule has 1 heterocycles. The monoisotopic (exact) mass is 1080 g/mol. The summed E-state index contributed by atoms with van der Waals surface area (Å²) in [6.07, 6.45) is 0.936. The number of carboxylic acids is 1. The van der Waals surface area contributed by atoms with E-state index < -0.39 is 107 Å². The highest BCUT2D eigenvalue weighted by atomic mass is 16.5. The lowest BCUT2D eigenvalue weighted by molar-refractivity contribution is -0.196. The molecule has 16 heteroatoms. The van der Waals surface area contributed by atoms with Gasteiger partial charge in [0.2, 0.25) is 0 Å². The number of carbonyl (C=O) groups is 7. The van der Waals surface area contributed by atoms with Gasteiger partial charge in [-0.2, -0.15) is 5.26 Å². The zero-order valence-corrected chi connectivity index (χ0v) is 52.1. The normalized spacial score (nSPS) is 18.1. The standard InChI is InChI=1S/C61H101N5O11/c1-26-75-45(71)60(24,38-52(10,11)55(16,17)58(22,43(68)69)36-49(2,3)4)57(20,21)53(12,13)39-61(25,46(72)77-34-32-66-42(67)54(14,15)65-48(66)74)56(18,19)51(8,9)37-59(23,50(5,6)7)44(70)76-33-31-63-47(73)64-41-29-27-40(35-62)28-30-41/h27-30H,26,31-34,36-39H2,1-25H3,(H,65,74)(H,68,69)(H2,63,64,73). The number of nitriles is 1. The van der Waals surface area contributed by atoms with Crippen LogP contribution in [0.1, 0.15) is 204 Å². The minimum atomic E-state index is -1.43. The molecule has 5 amide bonds. The Morgan fingerprint density at radius 3 is 1.39 bits per heavy atom. The van der Waals surface area contributed by atoms with Crippen LogP contribution in [0.5, 0.6) is 0 Å². The summed E-state index contributed by atoms with van der Waals surface area (Å²) in [5, 5.41) is 28.2. The van der Waals surface area contributed by atoms with Crippen molar-refractivity contribution < 1.29 is 52.9 Å². The second-order valence-corrected chi connectivity index (χ2v) is 29.3. The average Bonchev–Trinajstić information content (AvgIpc) is 3.46. The molecular formula is C61H101N5O11. The van der Waals surface area contributed by atoms with Crippen LogP contribution in [0.2, 0.25) is 0 Å². The Hall–Kier alpha value is -5.20. The Bertz CT molecular complexity index is 2400. The Labute approximate surface area is 463 Å². The predicted octanol–water partition coefficient (Wildman–Crippen LogP) is 12.6. The van der Waals surface area contributed by atoms with Gasteiger partial charge in [-0.25, -0.2) is 9.59 Å². The summed E-state index contributed by atoms with van der Waals surface area (Å²) in [4.78, 5) is 98.5. The largest absolute Gasteiger partial charge is 0.481 e. The molecule has 2 rings (SSSR count). The number of amides is 5. The summed E-state index contributed by atoms with van der Waals surface area (Å²) in [7, 11) is 0. The molecule has 1 aromatic carbocycles. The van der Waals surface area contributed by atoms with Gasteiger partial charge in [0.1, 0.15) is 18.8 Å². The van der Waals surface area contributed by atoms with E-state index in [1.807, 2.05) is 151 Å². The van der Waals surface area contributed by atoms with Gasteiger partial charge < -0.3 is 35.3 Å². The van der Waals surface area contributed by atoms with E-state index in [4.69, 9.17) is 19.5 Å². The number of benzene rings is 1. The van der Waals surface area contributed by atoms with Crippen LogP contribution in [0.15, 0.2) is 24.3 Å². The fraction of sp³-hybridized carbons (Fsp3) is 0.770. The second kappa shape index (κ2) is 22.9. The summed E-state index contributed by atoms with van der Waals surface area (Å²) in [5.41, 5.74) is -11.9. The van der Waals surface area contributed by atoms with Gasteiger partial charge in [0.25, 0.3) is 5.91 Å². The Kier molecular flexibility index (Phi) is 20.2. The number of nitrogens with zero attached hydrogens (tertiary/aromatic N) is 2. The molecule has 0 radical (unpaired) electrons. The van der Waals surface area contributed by atoms with Crippen LogP contribution < -0.4 is 16.0 Å². The Morgan fingerprint density at radius 1 is 0.610 bits per heavy atom. The molecule has 4 atom stereocenters. The van der Waals surface area contributed by atoms with Crippen LogP contribution in [0.3, 0.4) is 0 Å². The molecule has 0 aromatic heterocycles. The molecule has 1 aliphatic rings. The lowest BCUT2D eigenvalue weighted by atomic mass is 9.41. The minimum Gasteiger partial charge on any atom is -0.481 e. The molecule has 1 fully saturated rings. The second-order valence-electron chi connectivity index (χ2n) is 29.3. The van der Waals surface area contributed by atoms with Gasteiger partial charge in [-0.1, -0.05) is 125 Å². The number of hydrogen-bond acceptors (Lipinski definition) is 11. The van der Waals surface area contributed by atoms with Gasteiger partial charge in [-0.3, -0.25) is 28.9 Å². The maximum atomic E-state index is 15.5. The van der Waals surface area contributed by atoms with Crippen molar-refractivity contribution in [1.82, 2.24) is 15.5 Å². The molecule has 0 spiro atoms. The van der Waals surface area contributed by atoms with E-state index in [0.29, 0.717) is 17.7 Å². The molecule has 0 bridgehead atoms. The summed E-state index contributed by atoms with van der Waals surface area (Å²) >= 11 is 0. The van der Waals surface area contributed by atoms with Crippen molar-refractivity contribution in [1.29, 1.82) is 5.26 Å². The average molecular weight is 1080 g/mol. The number of anilines is 1. The van der Waals surface area contributed by atoms with E-state index in [1.54, 1.807) is 52.0 Å². The third-order valence-corrected chi connectivity index (χ3v) is 20.1. The molecule has 16 nitrogen and oxygen atoms in total.